The molecule has 31 heavy (non-hydrogen) atoms. The number of carbonyl (C=O) groups excluding carboxylic acids is 1. The smallest absolute Gasteiger partial charge is 0.409 e. The lowest BCUT2D eigenvalue weighted by Crippen LogP contribution is -2.64. The number of hydrogen-bond acceptors (Lipinski definition) is 4. The van der Waals surface area contributed by atoms with Gasteiger partial charge in [0.05, 0.1) is 34.5 Å². The lowest BCUT2D eigenvalue weighted by molar-refractivity contribution is -0.0825. The van der Waals surface area contributed by atoms with E-state index in [1.54, 1.807) is 0 Å². The van der Waals surface area contributed by atoms with Gasteiger partial charge in [-0.15, -0.1) is 0 Å². The second kappa shape index (κ2) is 7.65. The molecule has 164 valence electrons. The molecule has 5 rings (SSSR count). The Morgan fingerprint density at radius 3 is 2.84 bits per heavy atom. The Labute approximate surface area is 190 Å². The van der Waals surface area contributed by atoms with Crippen molar-refractivity contribution in [2.45, 2.75) is 45.6 Å². The molecular formula is C23H28BrN5O2. The summed E-state index contributed by atoms with van der Waals surface area (Å²) in [6.07, 6.45) is 5.81. The maximum Gasteiger partial charge on any atom is 0.409 e. The summed E-state index contributed by atoms with van der Waals surface area (Å²) < 4.78 is 10.4. The van der Waals surface area contributed by atoms with Gasteiger partial charge in [-0.25, -0.2) is 4.79 Å². The molecule has 1 spiro atoms. The van der Waals surface area contributed by atoms with E-state index in [1.807, 2.05) is 22.8 Å². The molecule has 2 aliphatic rings. The van der Waals surface area contributed by atoms with Gasteiger partial charge in [0.1, 0.15) is 5.69 Å². The van der Waals surface area contributed by atoms with Gasteiger partial charge < -0.3 is 9.64 Å². The largest absolute Gasteiger partial charge is 0.449 e. The van der Waals surface area contributed by atoms with Crippen LogP contribution in [0.5, 0.6) is 0 Å². The highest BCUT2D eigenvalue weighted by Gasteiger charge is 2.55. The van der Waals surface area contributed by atoms with Gasteiger partial charge in [0, 0.05) is 36.5 Å². The van der Waals surface area contributed by atoms with Crippen LogP contribution in [0.1, 0.15) is 44.3 Å². The lowest BCUT2D eigenvalue weighted by atomic mass is 9.61. The zero-order chi connectivity index (χ0) is 21.8. The minimum absolute atomic E-state index is 0.159. The molecule has 0 radical (unpaired) electrons. The fraction of sp³-hybridized carbons (Fsp3) is 0.522. The van der Waals surface area contributed by atoms with Crippen molar-refractivity contribution in [3.05, 3.63) is 34.6 Å². The van der Waals surface area contributed by atoms with E-state index < -0.39 is 0 Å². The third-order valence-corrected chi connectivity index (χ3v) is 7.76. The number of hydrogen-bond donors (Lipinski definition) is 0. The van der Waals surface area contributed by atoms with Crippen molar-refractivity contribution in [2.24, 2.45) is 12.5 Å². The average molecular weight is 486 g/mol. The van der Waals surface area contributed by atoms with Gasteiger partial charge in [0.15, 0.2) is 0 Å². The maximum atomic E-state index is 12.1. The van der Waals surface area contributed by atoms with Crippen LogP contribution in [0.15, 0.2) is 28.9 Å². The molecule has 1 amide bonds. The summed E-state index contributed by atoms with van der Waals surface area (Å²) in [4.78, 5) is 13.9. The summed E-state index contributed by atoms with van der Waals surface area (Å²) in [5.41, 5.74) is 4.57. The first-order valence-electron chi connectivity index (χ1n) is 11.0. The van der Waals surface area contributed by atoms with Gasteiger partial charge in [-0.1, -0.05) is 19.4 Å². The number of likely N-dealkylation sites (tertiary alicyclic amines) is 1. The van der Waals surface area contributed by atoms with Gasteiger partial charge in [-0.05, 0) is 54.2 Å². The normalized spacial score (nSPS) is 17.7. The van der Waals surface area contributed by atoms with E-state index in [4.69, 9.17) is 9.84 Å². The number of ether oxygens (including phenoxy) is 1. The molecule has 1 saturated heterocycles. The monoisotopic (exact) mass is 485 g/mol. The average Bonchev–Trinajstić information content (AvgIpc) is 3.20. The number of benzene rings is 1. The van der Waals surface area contributed by atoms with E-state index in [2.05, 4.69) is 57.8 Å². The van der Waals surface area contributed by atoms with Gasteiger partial charge in [-0.2, -0.15) is 10.2 Å². The summed E-state index contributed by atoms with van der Waals surface area (Å²) in [6, 6.07) is 6.73. The van der Waals surface area contributed by atoms with Crippen molar-refractivity contribution < 1.29 is 9.53 Å². The van der Waals surface area contributed by atoms with Gasteiger partial charge in [0.2, 0.25) is 0 Å². The number of aryl methyl sites for hydroxylation is 1. The molecule has 0 bridgehead atoms. The third kappa shape index (κ3) is 3.45. The summed E-state index contributed by atoms with van der Waals surface area (Å²) in [5.74, 6) is 0. The fourth-order valence-corrected chi connectivity index (χ4v) is 5.50. The van der Waals surface area contributed by atoms with Crippen LogP contribution in [0.3, 0.4) is 0 Å². The molecule has 7 nitrogen and oxygen atoms in total. The molecule has 1 aliphatic carbocycles. The van der Waals surface area contributed by atoms with Crippen LogP contribution >= 0.6 is 15.9 Å². The molecule has 8 heteroatoms. The minimum Gasteiger partial charge on any atom is -0.449 e. The van der Waals surface area contributed by atoms with Crippen molar-refractivity contribution in [1.29, 1.82) is 0 Å². The minimum atomic E-state index is -0.159. The number of rotatable bonds is 5. The Morgan fingerprint density at radius 1 is 1.32 bits per heavy atom. The topological polar surface area (TPSA) is 65.2 Å². The molecule has 3 aromatic rings. The van der Waals surface area contributed by atoms with Crippen molar-refractivity contribution in [3.8, 4) is 11.3 Å². The summed E-state index contributed by atoms with van der Waals surface area (Å²) in [6.45, 7) is 6.35. The predicted molar refractivity (Wildman–Crippen MR) is 123 cm³/mol. The van der Waals surface area contributed by atoms with Crippen LogP contribution in [0.25, 0.3) is 22.2 Å². The molecule has 1 aromatic carbocycles. The molecule has 1 saturated carbocycles. The van der Waals surface area contributed by atoms with Crippen molar-refractivity contribution in [1.82, 2.24) is 24.5 Å². The summed E-state index contributed by atoms with van der Waals surface area (Å²) in [7, 11) is 1.95. The first-order chi connectivity index (χ1) is 14.9. The third-order valence-electron chi connectivity index (χ3n) is 6.81. The van der Waals surface area contributed by atoms with Gasteiger partial charge in [-0.3, -0.25) is 9.36 Å². The van der Waals surface area contributed by atoms with Crippen LogP contribution in [0.2, 0.25) is 0 Å². The van der Waals surface area contributed by atoms with E-state index in [-0.39, 0.29) is 11.5 Å². The number of fused-ring (bicyclic) bond motifs is 1. The zero-order valence-corrected chi connectivity index (χ0v) is 19.9. The quantitative estimate of drug-likeness (QED) is 0.472. The Morgan fingerprint density at radius 2 is 2.10 bits per heavy atom. The number of halogens is 1. The molecule has 2 fully saturated rings. The summed E-state index contributed by atoms with van der Waals surface area (Å²) >= 11 is 3.77. The lowest BCUT2D eigenvalue weighted by Gasteiger charge is -2.58. The Balaban J connectivity index is 1.26. The molecule has 0 N–H and O–H groups in total. The van der Waals surface area contributed by atoms with E-state index in [0.29, 0.717) is 12.6 Å². The number of nitrogens with zero attached hydrogens (tertiary/aromatic N) is 5. The predicted octanol–water partition coefficient (Wildman–Crippen LogP) is 5.08. The maximum absolute atomic E-state index is 12.1. The molecule has 0 atom stereocenters. The van der Waals surface area contributed by atoms with Crippen LogP contribution in [0.4, 0.5) is 4.79 Å². The number of carbonyl (C=O) groups is 1. The SMILES string of the molecule is CCCCOC(=O)N1CC2(CC(n3nc(-c4ccc5c(cnn5C)c4)c(Br)c3C)C2)C1. The molecular weight excluding hydrogens is 458 g/mol. The highest BCUT2D eigenvalue weighted by Crippen LogP contribution is 2.54. The Bertz CT molecular complexity index is 1140. The van der Waals surface area contributed by atoms with E-state index in [1.165, 1.54) is 0 Å². The first-order valence-corrected chi connectivity index (χ1v) is 11.8. The number of aromatic nitrogens is 4. The van der Waals surface area contributed by atoms with Crippen LogP contribution in [0, 0.1) is 12.3 Å². The van der Waals surface area contributed by atoms with Crippen molar-refractivity contribution >= 4 is 32.9 Å². The second-order valence-electron chi connectivity index (χ2n) is 9.12. The van der Waals surface area contributed by atoms with Crippen molar-refractivity contribution in [2.75, 3.05) is 19.7 Å². The fourth-order valence-electron chi connectivity index (χ4n) is 5.01. The Hall–Kier alpha value is -2.35. The highest BCUT2D eigenvalue weighted by atomic mass is 79.9. The molecule has 3 heterocycles. The van der Waals surface area contributed by atoms with E-state index in [0.717, 1.165) is 71.1 Å². The van der Waals surface area contributed by atoms with Gasteiger partial charge >= 0.3 is 6.09 Å². The summed E-state index contributed by atoms with van der Waals surface area (Å²) in [5, 5.41) is 10.4. The van der Waals surface area contributed by atoms with Crippen molar-refractivity contribution in [3.63, 3.8) is 0 Å². The van der Waals surface area contributed by atoms with E-state index >= 15 is 0 Å². The molecule has 2 aromatic heterocycles. The van der Waals surface area contributed by atoms with Crippen LogP contribution in [-0.4, -0.2) is 50.3 Å². The van der Waals surface area contributed by atoms with E-state index in [9.17, 15) is 4.79 Å². The van der Waals surface area contributed by atoms with Crippen LogP contribution in [-0.2, 0) is 11.8 Å². The number of amides is 1. The number of unbranched alkanes of at least 4 members (excludes halogenated alkanes) is 1. The standard InChI is InChI=1S/C23H28BrN5O2/c1-4-5-8-31-22(30)28-13-23(14-28)10-18(11-23)29-15(2)20(24)21(26-29)16-6-7-19-17(9-16)12-25-27(19)3/h6-7,9,12,18H,4-5,8,10-11,13-14H2,1-3H3. The first kappa shape index (κ1) is 20.5. The zero-order valence-electron chi connectivity index (χ0n) is 18.3. The molecule has 0 unspecified atom stereocenters. The molecule has 1 aliphatic heterocycles. The highest BCUT2D eigenvalue weighted by molar-refractivity contribution is 9.10. The van der Waals surface area contributed by atoms with Crippen LogP contribution < -0.4 is 0 Å². The Kier molecular flexibility index (Phi) is 5.07. The van der Waals surface area contributed by atoms with Gasteiger partial charge in [0.25, 0.3) is 0 Å². The second-order valence-corrected chi connectivity index (χ2v) is 9.91.